The summed E-state index contributed by atoms with van der Waals surface area (Å²) in [5.74, 6) is 0.725. The van der Waals surface area contributed by atoms with Crippen LogP contribution >= 0.6 is 0 Å². The molecule has 0 spiro atoms. The topological polar surface area (TPSA) is 17.1 Å². The van der Waals surface area contributed by atoms with Crippen molar-refractivity contribution in [3.05, 3.63) is 70.8 Å². The van der Waals surface area contributed by atoms with Crippen LogP contribution in [0.3, 0.4) is 0 Å². The fraction of sp³-hybridized carbons (Fsp3) is 0.381. The molecule has 0 saturated carbocycles. The third-order valence-corrected chi connectivity index (χ3v) is 5.71. The molecule has 0 N–H and O–H groups in total. The lowest BCUT2D eigenvalue weighted by Gasteiger charge is -2.41. The highest BCUT2D eigenvalue weighted by atomic mass is 16.1. The van der Waals surface area contributed by atoms with Gasteiger partial charge in [-0.3, -0.25) is 4.79 Å². The number of hydrogen-bond acceptors (Lipinski definition) is 1. The Morgan fingerprint density at radius 3 is 2.32 bits per heavy atom. The van der Waals surface area contributed by atoms with Gasteiger partial charge in [0.05, 0.1) is 5.92 Å². The normalized spacial score (nSPS) is 25.6. The zero-order valence-corrected chi connectivity index (χ0v) is 13.3. The standard InChI is InChI=1S/C21H22O/c1-21(2)12-11-14-7-3-5-9-16(14)19-18(22)13-15-8-4-6-10-17(15)20(19)21/h3-10,19-20H,11-13H2,1-2H3. The Morgan fingerprint density at radius 1 is 0.909 bits per heavy atom. The van der Waals surface area contributed by atoms with E-state index in [4.69, 9.17) is 0 Å². The fourth-order valence-corrected chi connectivity index (χ4v) is 4.56. The van der Waals surface area contributed by atoms with E-state index in [-0.39, 0.29) is 11.3 Å². The Bertz CT molecular complexity index is 741. The van der Waals surface area contributed by atoms with E-state index in [1.54, 1.807) is 0 Å². The largest absolute Gasteiger partial charge is 0.299 e. The second kappa shape index (κ2) is 4.81. The highest BCUT2D eigenvalue weighted by Gasteiger charge is 2.46. The van der Waals surface area contributed by atoms with Gasteiger partial charge < -0.3 is 0 Å². The van der Waals surface area contributed by atoms with Gasteiger partial charge in [-0.05, 0) is 40.5 Å². The Hall–Kier alpha value is -1.89. The summed E-state index contributed by atoms with van der Waals surface area (Å²) in [4.78, 5) is 13.0. The molecule has 0 amide bonds. The first-order chi connectivity index (χ1) is 10.6. The van der Waals surface area contributed by atoms with Crippen molar-refractivity contribution in [3.8, 4) is 0 Å². The van der Waals surface area contributed by atoms with Gasteiger partial charge in [0, 0.05) is 12.3 Å². The molecule has 0 heterocycles. The van der Waals surface area contributed by atoms with Crippen molar-refractivity contribution >= 4 is 5.78 Å². The molecule has 0 radical (unpaired) electrons. The van der Waals surface area contributed by atoms with Gasteiger partial charge in [0.1, 0.15) is 5.78 Å². The van der Waals surface area contributed by atoms with E-state index in [1.807, 2.05) is 0 Å². The van der Waals surface area contributed by atoms with Crippen molar-refractivity contribution in [1.82, 2.24) is 0 Å². The summed E-state index contributed by atoms with van der Waals surface area (Å²) >= 11 is 0. The van der Waals surface area contributed by atoms with Crippen LogP contribution in [0.15, 0.2) is 48.5 Å². The van der Waals surface area contributed by atoms with Gasteiger partial charge in [0.2, 0.25) is 0 Å². The molecule has 2 aliphatic carbocycles. The minimum absolute atomic E-state index is 0.0311. The zero-order valence-electron chi connectivity index (χ0n) is 13.3. The summed E-state index contributed by atoms with van der Waals surface area (Å²) in [7, 11) is 0. The van der Waals surface area contributed by atoms with Crippen molar-refractivity contribution in [1.29, 1.82) is 0 Å². The predicted molar refractivity (Wildman–Crippen MR) is 89.2 cm³/mol. The van der Waals surface area contributed by atoms with Crippen molar-refractivity contribution < 1.29 is 4.79 Å². The highest BCUT2D eigenvalue weighted by molar-refractivity contribution is 5.91. The lowest BCUT2D eigenvalue weighted by atomic mass is 9.61. The number of carbonyl (C=O) groups is 1. The summed E-state index contributed by atoms with van der Waals surface area (Å²) in [5.41, 5.74) is 5.42. The van der Waals surface area contributed by atoms with Crippen LogP contribution in [0.5, 0.6) is 0 Å². The van der Waals surface area contributed by atoms with Crippen molar-refractivity contribution in [2.75, 3.05) is 0 Å². The molecule has 2 aromatic carbocycles. The zero-order chi connectivity index (χ0) is 15.3. The summed E-state index contributed by atoms with van der Waals surface area (Å²) < 4.78 is 0. The number of rotatable bonds is 0. The lowest BCUT2D eigenvalue weighted by Crippen LogP contribution is -2.35. The highest BCUT2D eigenvalue weighted by Crippen LogP contribution is 2.54. The van der Waals surface area contributed by atoms with E-state index in [9.17, 15) is 4.79 Å². The molecule has 1 nitrogen and oxygen atoms in total. The van der Waals surface area contributed by atoms with Crippen LogP contribution in [0.25, 0.3) is 0 Å². The number of aryl methyl sites for hydroxylation is 1. The molecule has 0 saturated heterocycles. The Morgan fingerprint density at radius 2 is 1.55 bits per heavy atom. The van der Waals surface area contributed by atoms with Crippen molar-refractivity contribution in [2.24, 2.45) is 5.41 Å². The molecule has 0 fully saturated rings. The van der Waals surface area contributed by atoms with Crippen LogP contribution < -0.4 is 0 Å². The molecule has 2 aliphatic rings. The first-order valence-electron chi connectivity index (χ1n) is 8.26. The van der Waals surface area contributed by atoms with Gasteiger partial charge in [0.25, 0.3) is 0 Å². The summed E-state index contributed by atoms with van der Waals surface area (Å²) in [5, 5.41) is 0. The van der Waals surface area contributed by atoms with Crippen molar-refractivity contribution in [2.45, 2.75) is 44.9 Å². The number of fused-ring (bicyclic) bond motifs is 5. The van der Waals surface area contributed by atoms with Crippen LogP contribution in [0, 0.1) is 5.41 Å². The Kier molecular flexibility index (Phi) is 3.00. The van der Waals surface area contributed by atoms with E-state index in [2.05, 4.69) is 62.4 Å². The molecule has 4 rings (SSSR count). The van der Waals surface area contributed by atoms with E-state index in [1.165, 1.54) is 22.3 Å². The molecular weight excluding hydrogens is 268 g/mol. The average Bonchev–Trinajstić information content (AvgIpc) is 2.63. The number of Topliss-reactive ketones (excluding diaryl/α,β-unsaturated/α-hetero) is 1. The maximum atomic E-state index is 13.0. The van der Waals surface area contributed by atoms with E-state index in [0.717, 1.165) is 12.8 Å². The van der Waals surface area contributed by atoms with Crippen LogP contribution in [-0.2, 0) is 17.6 Å². The second-order valence-electron chi connectivity index (χ2n) is 7.48. The average molecular weight is 290 g/mol. The molecule has 2 aromatic rings. The number of ketones is 1. The summed E-state index contributed by atoms with van der Waals surface area (Å²) in [6, 6.07) is 17.1. The van der Waals surface area contributed by atoms with Gasteiger partial charge in [-0.15, -0.1) is 0 Å². The summed E-state index contributed by atoms with van der Waals surface area (Å²) in [6.07, 6.45) is 2.79. The van der Waals surface area contributed by atoms with Crippen LogP contribution in [0.4, 0.5) is 0 Å². The maximum absolute atomic E-state index is 13.0. The fourth-order valence-electron chi connectivity index (χ4n) is 4.56. The second-order valence-corrected chi connectivity index (χ2v) is 7.48. The molecule has 2 atom stereocenters. The smallest absolute Gasteiger partial charge is 0.145 e. The lowest BCUT2D eigenvalue weighted by molar-refractivity contribution is -0.121. The van der Waals surface area contributed by atoms with Gasteiger partial charge in [-0.25, -0.2) is 0 Å². The number of hydrogen-bond donors (Lipinski definition) is 0. The molecule has 22 heavy (non-hydrogen) atoms. The van der Waals surface area contributed by atoms with E-state index >= 15 is 0 Å². The monoisotopic (exact) mass is 290 g/mol. The third-order valence-electron chi connectivity index (χ3n) is 5.71. The van der Waals surface area contributed by atoms with E-state index < -0.39 is 0 Å². The Labute approximate surface area is 132 Å². The maximum Gasteiger partial charge on any atom is 0.145 e. The quantitative estimate of drug-likeness (QED) is 0.690. The molecule has 2 unspecified atom stereocenters. The number of benzene rings is 2. The molecule has 0 aliphatic heterocycles. The van der Waals surface area contributed by atoms with Crippen molar-refractivity contribution in [3.63, 3.8) is 0 Å². The van der Waals surface area contributed by atoms with Gasteiger partial charge in [-0.1, -0.05) is 62.4 Å². The Balaban J connectivity index is 1.98. The van der Waals surface area contributed by atoms with Crippen LogP contribution in [0.2, 0.25) is 0 Å². The minimum atomic E-state index is 0.0311. The van der Waals surface area contributed by atoms with Gasteiger partial charge >= 0.3 is 0 Å². The minimum Gasteiger partial charge on any atom is -0.299 e. The molecule has 0 aromatic heterocycles. The van der Waals surface area contributed by atoms with E-state index in [0.29, 0.717) is 18.1 Å². The van der Waals surface area contributed by atoms with Crippen LogP contribution in [0.1, 0.15) is 54.4 Å². The summed E-state index contributed by atoms with van der Waals surface area (Å²) in [6.45, 7) is 4.68. The first-order valence-corrected chi connectivity index (χ1v) is 8.26. The first kappa shape index (κ1) is 13.8. The van der Waals surface area contributed by atoms with Gasteiger partial charge in [0.15, 0.2) is 0 Å². The molecule has 1 heteroatoms. The number of carbonyl (C=O) groups excluding carboxylic acids is 1. The third kappa shape index (κ3) is 1.95. The molecule has 112 valence electrons. The van der Waals surface area contributed by atoms with Gasteiger partial charge in [-0.2, -0.15) is 0 Å². The molecule has 0 bridgehead atoms. The SMILES string of the molecule is CC1(C)CCc2ccccc2C2C(=O)Cc3ccccc3C21. The predicted octanol–water partition coefficient (Wildman–Crippen LogP) is 4.65. The van der Waals surface area contributed by atoms with Crippen LogP contribution in [-0.4, -0.2) is 5.78 Å². The molecular formula is C21H22O.